The zero-order valence-corrected chi connectivity index (χ0v) is 17.9. The summed E-state index contributed by atoms with van der Waals surface area (Å²) < 4.78 is 45.9. The summed E-state index contributed by atoms with van der Waals surface area (Å²) in [5, 5.41) is 10.7. The lowest BCUT2D eigenvalue weighted by atomic mass is 10.1. The summed E-state index contributed by atoms with van der Waals surface area (Å²) in [4.78, 5) is 13.7. The lowest BCUT2D eigenvalue weighted by Gasteiger charge is -2.27. The molecular weight excluding hydrogens is 433 g/mol. The number of aliphatic hydroxyl groups excluding tert-OH is 1. The molecule has 0 radical (unpaired) electrons. The monoisotopic (exact) mass is 453 g/mol. The maximum Gasteiger partial charge on any atom is 0.295 e. The summed E-state index contributed by atoms with van der Waals surface area (Å²) in [7, 11) is -4.23. The highest BCUT2D eigenvalue weighted by Gasteiger charge is 2.47. The highest BCUT2D eigenvalue weighted by molar-refractivity contribution is 7.95. The molecule has 1 N–H and O–H groups in total. The number of anilines is 1. The Bertz CT molecular complexity index is 1270. The molecule has 32 heavy (non-hydrogen) atoms. The molecule has 0 fully saturated rings. The van der Waals surface area contributed by atoms with Crippen molar-refractivity contribution in [3.63, 3.8) is 0 Å². The van der Waals surface area contributed by atoms with E-state index in [4.69, 9.17) is 4.74 Å². The van der Waals surface area contributed by atoms with E-state index in [2.05, 4.69) is 0 Å². The van der Waals surface area contributed by atoms with E-state index < -0.39 is 38.3 Å². The van der Waals surface area contributed by atoms with Gasteiger partial charge in [-0.15, -0.1) is 0 Å². The van der Waals surface area contributed by atoms with Crippen molar-refractivity contribution in [2.24, 2.45) is 0 Å². The van der Waals surface area contributed by atoms with Crippen LogP contribution in [0.2, 0.25) is 0 Å². The van der Waals surface area contributed by atoms with Gasteiger partial charge in [-0.25, -0.2) is 12.8 Å². The number of amides is 1. The standard InChI is InChI=1S/C24H20FNO5S/c1-2-31-19-14-8-16(9-15-19)21-23(32(29,30)20-6-4-3-5-7-20)22(27)24(28)26(21)18-12-10-17(25)11-13-18/h3-15,21,27H,2H2,1H3/t21-/m1/s1. The van der Waals surface area contributed by atoms with Gasteiger partial charge in [-0.2, -0.15) is 0 Å². The maximum atomic E-state index is 13.5. The molecule has 0 aromatic heterocycles. The van der Waals surface area contributed by atoms with Gasteiger partial charge in [0.05, 0.1) is 11.5 Å². The third-order valence-corrected chi connectivity index (χ3v) is 7.00. The quantitative estimate of drug-likeness (QED) is 0.592. The fourth-order valence-corrected chi connectivity index (χ4v) is 5.31. The molecule has 4 rings (SSSR count). The first-order chi connectivity index (χ1) is 15.3. The second kappa shape index (κ2) is 8.47. The topological polar surface area (TPSA) is 83.9 Å². The Balaban J connectivity index is 1.90. The average Bonchev–Trinajstić information content (AvgIpc) is 3.07. The second-order valence-corrected chi connectivity index (χ2v) is 9.00. The van der Waals surface area contributed by atoms with Crippen LogP contribution < -0.4 is 9.64 Å². The summed E-state index contributed by atoms with van der Waals surface area (Å²) in [5.74, 6) is -1.68. The second-order valence-electron chi connectivity index (χ2n) is 7.09. The van der Waals surface area contributed by atoms with Crippen molar-refractivity contribution in [1.82, 2.24) is 0 Å². The lowest BCUT2D eigenvalue weighted by Crippen LogP contribution is -2.31. The number of carbonyl (C=O) groups excluding carboxylic acids is 1. The SMILES string of the molecule is CCOc1ccc([C@@H]2C(S(=O)(=O)c3ccccc3)=C(O)C(=O)N2c2ccc(F)cc2)cc1. The van der Waals surface area contributed by atoms with Gasteiger partial charge in [0.2, 0.25) is 9.84 Å². The van der Waals surface area contributed by atoms with Crippen molar-refractivity contribution in [1.29, 1.82) is 0 Å². The molecule has 3 aromatic rings. The number of ether oxygens (including phenoxy) is 1. The number of sulfone groups is 1. The molecular formula is C24H20FNO5S. The number of nitrogens with zero attached hydrogens (tertiary/aromatic N) is 1. The van der Waals surface area contributed by atoms with Gasteiger partial charge in [0, 0.05) is 5.69 Å². The largest absolute Gasteiger partial charge is 0.502 e. The number of hydrogen-bond acceptors (Lipinski definition) is 5. The van der Waals surface area contributed by atoms with Crippen LogP contribution in [0.15, 0.2) is 94.4 Å². The number of halogens is 1. The van der Waals surface area contributed by atoms with Crippen LogP contribution in [-0.4, -0.2) is 26.0 Å². The van der Waals surface area contributed by atoms with Gasteiger partial charge in [0.15, 0.2) is 5.76 Å². The summed E-state index contributed by atoms with van der Waals surface area (Å²) in [5.41, 5.74) is 0.699. The third kappa shape index (κ3) is 3.73. The molecule has 0 spiro atoms. The summed E-state index contributed by atoms with van der Waals surface area (Å²) in [6, 6.07) is 18.1. The van der Waals surface area contributed by atoms with Crippen LogP contribution >= 0.6 is 0 Å². The van der Waals surface area contributed by atoms with E-state index >= 15 is 0 Å². The van der Waals surface area contributed by atoms with Crippen LogP contribution in [0.3, 0.4) is 0 Å². The molecule has 1 atom stereocenters. The number of aliphatic hydroxyl groups is 1. The molecule has 3 aromatic carbocycles. The minimum atomic E-state index is -4.23. The number of rotatable bonds is 6. The van der Waals surface area contributed by atoms with Gasteiger partial charge in [-0.1, -0.05) is 30.3 Å². The van der Waals surface area contributed by atoms with Crippen LogP contribution in [-0.2, 0) is 14.6 Å². The number of benzene rings is 3. The summed E-state index contributed by atoms with van der Waals surface area (Å²) >= 11 is 0. The first kappa shape index (κ1) is 21.6. The Morgan fingerprint density at radius 1 is 0.969 bits per heavy atom. The molecule has 0 saturated heterocycles. The third-order valence-electron chi connectivity index (χ3n) is 5.12. The van der Waals surface area contributed by atoms with Gasteiger partial charge in [-0.3, -0.25) is 9.69 Å². The molecule has 1 aliphatic rings. The lowest BCUT2D eigenvalue weighted by molar-refractivity contribution is -0.117. The zero-order valence-electron chi connectivity index (χ0n) is 17.1. The molecule has 8 heteroatoms. The van der Waals surface area contributed by atoms with E-state index in [-0.39, 0.29) is 10.6 Å². The highest BCUT2D eigenvalue weighted by atomic mass is 32.2. The number of carbonyl (C=O) groups is 1. The van der Waals surface area contributed by atoms with Crippen LogP contribution in [0.5, 0.6) is 5.75 Å². The van der Waals surface area contributed by atoms with Crippen molar-refractivity contribution in [2.45, 2.75) is 17.9 Å². The Hall–Kier alpha value is -3.65. The zero-order chi connectivity index (χ0) is 22.9. The summed E-state index contributed by atoms with van der Waals surface area (Å²) in [6.45, 7) is 2.29. The van der Waals surface area contributed by atoms with Crippen molar-refractivity contribution in [3.8, 4) is 5.75 Å². The molecule has 0 aliphatic carbocycles. The van der Waals surface area contributed by atoms with Crippen LogP contribution in [0.1, 0.15) is 18.5 Å². The van der Waals surface area contributed by atoms with Gasteiger partial charge in [0.25, 0.3) is 5.91 Å². The first-order valence-corrected chi connectivity index (χ1v) is 11.4. The van der Waals surface area contributed by atoms with Crippen molar-refractivity contribution >= 4 is 21.4 Å². The molecule has 6 nitrogen and oxygen atoms in total. The molecule has 1 amide bonds. The van der Waals surface area contributed by atoms with E-state index in [1.165, 1.54) is 36.4 Å². The van der Waals surface area contributed by atoms with Crippen LogP contribution in [0.4, 0.5) is 10.1 Å². The van der Waals surface area contributed by atoms with E-state index in [1.54, 1.807) is 42.5 Å². The van der Waals surface area contributed by atoms with E-state index in [0.29, 0.717) is 17.9 Å². The van der Waals surface area contributed by atoms with Crippen LogP contribution in [0.25, 0.3) is 0 Å². The average molecular weight is 453 g/mol. The molecule has 0 bridgehead atoms. The Morgan fingerprint density at radius 3 is 2.19 bits per heavy atom. The van der Waals surface area contributed by atoms with Crippen molar-refractivity contribution in [2.75, 3.05) is 11.5 Å². The normalized spacial score (nSPS) is 16.5. The van der Waals surface area contributed by atoms with Gasteiger partial charge in [-0.05, 0) is 61.0 Å². The minimum Gasteiger partial charge on any atom is -0.502 e. The molecule has 0 saturated carbocycles. The van der Waals surface area contributed by atoms with E-state index in [0.717, 1.165) is 4.90 Å². The predicted octanol–water partition coefficient (Wildman–Crippen LogP) is 4.56. The highest BCUT2D eigenvalue weighted by Crippen LogP contribution is 2.45. The Kier molecular flexibility index (Phi) is 5.71. The first-order valence-electron chi connectivity index (χ1n) is 9.89. The fourth-order valence-electron chi connectivity index (χ4n) is 3.67. The Labute approximate surface area is 185 Å². The summed E-state index contributed by atoms with van der Waals surface area (Å²) in [6.07, 6.45) is 0. The van der Waals surface area contributed by atoms with Crippen molar-refractivity contribution < 1.29 is 27.4 Å². The fraction of sp³-hybridized carbons (Fsp3) is 0.125. The molecule has 0 unspecified atom stereocenters. The molecule has 1 heterocycles. The molecule has 1 aliphatic heterocycles. The van der Waals surface area contributed by atoms with Gasteiger partial charge >= 0.3 is 0 Å². The molecule has 164 valence electrons. The maximum absolute atomic E-state index is 13.5. The van der Waals surface area contributed by atoms with Crippen molar-refractivity contribution in [3.05, 3.63) is 101 Å². The number of hydrogen-bond donors (Lipinski definition) is 1. The Morgan fingerprint density at radius 2 is 1.59 bits per heavy atom. The minimum absolute atomic E-state index is 0.0498. The predicted molar refractivity (Wildman–Crippen MR) is 118 cm³/mol. The van der Waals surface area contributed by atoms with E-state index in [9.17, 15) is 22.7 Å². The van der Waals surface area contributed by atoms with Gasteiger partial charge in [0.1, 0.15) is 22.5 Å². The van der Waals surface area contributed by atoms with Crippen LogP contribution in [0, 0.1) is 5.82 Å². The smallest absolute Gasteiger partial charge is 0.295 e. The van der Waals surface area contributed by atoms with E-state index in [1.807, 2.05) is 6.92 Å². The van der Waals surface area contributed by atoms with Gasteiger partial charge < -0.3 is 9.84 Å².